The summed E-state index contributed by atoms with van der Waals surface area (Å²) in [5.41, 5.74) is 0.716. The minimum Gasteiger partial charge on any atom is -0.342 e. The molecule has 2 atom stereocenters. The molecule has 1 N–H and O–H groups in total. The van der Waals surface area contributed by atoms with Gasteiger partial charge in [-0.3, -0.25) is 19.1 Å². The average Bonchev–Trinajstić information content (AvgIpc) is 3.25. The van der Waals surface area contributed by atoms with Crippen LogP contribution in [0, 0.1) is 17.8 Å². The maximum atomic E-state index is 13.0. The van der Waals surface area contributed by atoms with Crippen LogP contribution in [0.5, 0.6) is 0 Å². The summed E-state index contributed by atoms with van der Waals surface area (Å²) in [6.07, 6.45) is 7.36. The molecular formula is C22H35N5O3. The highest BCUT2D eigenvalue weighted by Gasteiger charge is 2.34. The molecule has 166 valence electrons. The zero-order valence-electron chi connectivity index (χ0n) is 18.5. The quantitative estimate of drug-likeness (QED) is 0.770. The van der Waals surface area contributed by atoms with E-state index in [1.807, 2.05) is 36.8 Å². The Balaban J connectivity index is 1.48. The molecule has 2 aliphatic rings. The van der Waals surface area contributed by atoms with Crippen LogP contribution in [0.1, 0.15) is 52.9 Å². The molecule has 0 spiro atoms. The topological polar surface area (TPSA) is 87.5 Å². The van der Waals surface area contributed by atoms with Crippen LogP contribution in [0.2, 0.25) is 0 Å². The van der Waals surface area contributed by atoms with Gasteiger partial charge in [0.25, 0.3) is 0 Å². The first-order valence-corrected chi connectivity index (χ1v) is 11.3. The summed E-state index contributed by atoms with van der Waals surface area (Å²) >= 11 is 0. The Bertz CT molecular complexity index is 754. The number of carbonyl (C=O) groups is 3. The molecule has 2 saturated heterocycles. The zero-order chi connectivity index (χ0) is 21.7. The van der Waals surface area contributed by atoms with E-state index in [0.717, 1.165) is 32.4 Å². The fraction of sp³-hybridized carbons (Fsp3) is 0.727. The molecule has 8 heteroatoms. The fourth-order valence-electron chi connectivity index (χ4n) is 4.33. The SMILES string of the molecule is CCC(C)C(=O)N1CCCC(C(=O)N2CCC(C(=O)Nc3cnn(CC)c3)CC2)C1. The van der Waals surface area contributed by atoms with Gasteiger partial charge < -0.3 is 15.1 Å². The Kier molecular flexibility index (Phi) is 7.50. The lowest BCUT2D eigenvalue weighted by Gasteiger charge is -2.38. The summed E-state index contributed by atoms with van der Waals surface area (Å²) < 4.78 is 1.77. The lowest BCUT2D eigenvalue weighted by molar-refractivity contribution is -0.144. The van der Waals surface area contributed by atoms with E-state index in [1.165, 1.54) is 0 Å². The van der Waals surface area contributed by atoms with E-state index in [0.29, 0.717) is 38.2 Å². The van der Waals surface area contributed by atoms with Crippen molar-refractivity contribution in [1.82, 2.24) is 19.6 Å². The number of carbonyl (C=O) groups excluding carboxylic acids is 3. The second kappa shape index (κ2) is 10.1. The van der Waals surface area contributed by atoms with Gasteiger partial charge in [0.05, 0.1) is 17.8 Å². The summed E-state index contributed by atoms with van der Waals surface area (Å²) in [5.74, 6) is 0.112. The Hall–Kier alpha value is -2.38. The minimum absolute atomic E-state index is 0.000688. The van der Waals surface area contributed by atoms with E-state index in [9.17, 15) is 14.4 Å². The Morgan fingerprint density at radius 2 is 1.83 bits per heavy atom. The van der Waals surface area contributed by atoms with E-state index in [1.54, 1.807) is 10.9 Å². The first-order valence-electron chi connectivity index (χ1n) is 11.3. The summed E-state index contributed by atoms with van der Waals surface area (Å²) in [6.45, 7) is 9.22. The molecule has 0 saturated carbocycles. The molecule has 1 aromatic heterocycles. The van der Waals surface area contributed by atoms with Crippen LogP contribution in [0.15, 0.2) is 12.4 Å². The zero-order valence-corrected chi connectivity index (χ0v) is 18.5. The number of hydrogen-bond donors (Lipinski definition) is 1. The number of nitrogens with zero attached hydrogens (tertiary/aromatic N) is 4. The van der Waals surface area contributed by atoms with Gasteiger partial charge in [0.2, 0.25) is 17.7 Å². The number of aromatic nitrogens is 2. The number of nitrogens with one attached hydrogen (secondary N) is 1. The lowest BCUT2D eigenvalue weighted by atomic mass is 9.91. The largest absolute Gasteiger partial charge is 0.342 e. The van der Waals surface area contributed by atoms with E-state index in [4.69, 9.17) is 0 Å². The van der Waals surface area contributed by atoms with Gasteiger partial charge in [0, 0.05) is 50.8 Å². The number of hydrogen-bond acceptors (Lipinski definition) is 4. The Morgan fingerprint density at radius 3 is 2.47 bits per heavy atom. The van der Waals surface area contributed by atoms with Gasteiger partial charge in [0.15, 0.2) is 0 Å². The van der Waals surface area contributed by atoms with Crippen molar-refractivity contribution in [1.29, 1.82) is 0 Å². The third-order valence-electron chi connectivity index (χ3n) is 6.52. The Morgan fingerprint density at radius 1 is 1.10 bits per heavy atom. The monoisotopic (exact) mass is 417 g/mol. The van der Waals surface area contributed by atoms with Crippen LogP contribution in [0.4, 0.5) is 5.69 Å². The maximum Gasteiger partial charge on any atom is 0.227 e. The fourth-order valence-corrected chi connectivity index (χ4v) is 4.33. The number of amides is 3. The summed E-state index contributed by atoms with van der Waals surface area (Å²) in [5, 5.41) is 7.11. The van der Waals surface area contributed by atoms with E-state index in [-0.39, 0.29) is 35.5 Å². The molecule has 3 rings (SSSR count). The van der Waals surface area contributed by atoms with Gasteiger partial charge in [-0.15, -0.1) is 0 Å². The molecule has 3 amide bonds. The summed E-state index contributed by atoms with van der Waals surface area (Å²) in [4.78, 5) is 41.9. The molecule has 30 heavy (non-hydrogen) atoms. The molecule has 1 aromatic rings. The second-order valence-corrected chi connectivity index (χ2v) is 8.61. The van der Waals surface area contributed by atoms with Gasteiger partial charge in [-0.2, -0.15) is 5.10 Å². The number of piperidine rings is 2. The van der Waals surface area contributed by atoms with Crippen molar-refractivity contribution in [2.45, 2.75) is 59.4 Å². The van der Waals surface area contributed by atoms with Crippen molar-refractivity contribution in [3.8, 4) is 0 Å². The third kappa shape index (κ3) is 5.21. The highest BCUT2D eigenvalue weighted by molar-refractivity contribution is 5.92. The third-order valence-corrected chi connectivity index (χ3v) is 6.52. The normalized spacial score (nSPS) is 21.4. The van der Waals surface area contributed by atoms with Crippen LogP contribution in [0.25, 0.3) is 0 Å². The van der Waals surface area contributed by atoms with Crippen LogP contribution >= 0.6 is 0 Å². The molecular weight excluding hydrogens is 382 g/mol. The number of rotatable bonds is 6. The van der Waals surface area contributed by atoms with Crippen molar-refractivity contribution in [3.05, 3.63) is 12.4 Å². The molecule has 3 heterocycles. The smallest absolute Gasteiger partial charge is 0.227 e. The van der Waals surface area contributed by atoms with Crippen molar-refractivity contribution < 1.29 is 14.4 Å². The first-order chi connectivity index (χ1) is 14.4. The maximum absolute atomic E-state index is 13.0. The minimum atomic E-state index is -0.114. The number of aryl methyl sites for hydroxylation is 1. The van der Waals surface area contributed by atoms with E-state index in [2.05, 4.69) is 10.4 Å². The molecule has 0 radical (unpaired) electrons. The Labute approximate surface area is 179 Å². The molecule has 0 aromatic carbocycles. The lowest BCUT2D eigenvalue weighted by Crippen LogP contribution is -2.50. The van der Waals surface area contributed by atoms with Gasteiger partial charge in [-0.1, -0.05) is 13.8 Å². The summed E-state index contributed by atoms with van der Waals surface area (Å²) in [6, 6.07) is 0. The summed E-state index contributed by atoms with van der Waals surface area (Å²) in [7, 11) is 0. The average molecular weight is 418 g/mol. The van der Waals surface area contributed by atoms with Crippen LogP contribution < -0.4 is 5.32 Å². The number of likely N-dealkylation sites (tertiary alicyclic amines) is 2. The van der Waals surface area contributed by atoms with Gasteiger partial charge in [0.1, 0.15) is 0 Å². The van der Waals surface area contributed by atoms with Gasteiger partial charge >= 0.3 is 0 Å². The molecule has 2 unspecified atom stereocenters. The van der Waals surface area contributed by atoms with E-state index >= 15 is 0 Å². The standard InChI is InChI=1S/C22H35N5O3/c1-4-16(3)21(29)26-10-6-7-18(14-26)22(30)25-11-8-17(9-12-25)20(28)24-19-13-23-27(5-2)15-19/h13,15-18H,4-12,14H2,1-3H3,(H,24,28). The predicted octanol–water partition coefficient (Wildman–Crippen LogP) is 2.36. The van der Waals surface area contributed by atoms with Crippen molar-refractivity contribution in [3.63, 3.8) is 0 Å². The molecule has 0 aliphatic carbocycles. The van der Waals surface area contributed by atoms with E-state index < -0.39 is 0 Å². The van der Waals surface area contributed by atoms with Crippen molar-refractivity contribution in [2.24, 2.45) is 17.8 Å². The van der Waals surface area contributed by atoms with Crippen molar-refractivity contribution in [2.75, 3.05) is 31.5 Å². The predicted molar refractivity (Wildman–Crippen MR) is 115 cm³/mol. The van der Waals surface area contributed by atoms with Gasteiger partial charge in [-0.05, 0) is 39.0 Å². The van der Waals surface area contributed by atoms with Gasteiger partial charge in [-0.25, -0.2) is 0 Å². The van der Waals surface area contributed by atoms with Crippen LogP contribution in [0.3, 0.4) is 0 Å². The second-order valence-electron chi connectivity index (χ2n) is 8.61. The molecule has 8 nitrogen and oxygen atoms in total. The van der Waals surface area contributed by atoms with Crippen molar-refractivity contribution >= 4 is 23.4 Å². The molecule has 2 fully saturated rings. The highest BCUT2D eigenvalue weighted by atomic mass is 16.2. The molecule has 2 aliphatic heterocycles. The first kappa shape index (κ1) is 22.3. The number of anilines is 1. The highest BCUT2D eigenvalue weighted by Crippen LogP contribution is 2.25. The van der Waals surface area contributed by atoms with Crippen LogP contribution in [-0.4, -0.2) is 63.5 Å². The molecule has 0 bridgehead atoms. The van der Waals surface area contributed by atoms with Crippen LogP contribution in [-0.2, 0) is 20.9 Å².